The standard InChI is InChI=1S/C24H28N3O14P3/c28-19-13-22(27-12-11-21(25-23(27)29)26-24(30)37-14-17-7-3-1-4-8-17)39-20(19)15-38-43(33,34)41-44(35,36)40-42(31,32)16-18-9-5-2-6-10-18/h1-12,19-20,22,28H,13-16H2,(H,31,32)(H,33,34)(H,35,36)(H,25,26,29,30)/t19-,20-,22-/m1/s1. The summed E-state index contributed by atoms with van der Waals surface area (Å²) >= 11 is 0. The van der Waals surface area contributed by atoms with Crippen molar-refractivity contribution in [3.8, 4) is 0 Å². The Morgan fingerprint density at radius 2 is 1.59 bits per heavy atom. The lowest BCUT2D eigenvalue weighted by atomic mass is 10.2. The molecule has 3 unspecified atom stereocenters. The topological polar surface area (TPSA) is 242 Å². The van der Waals surface area contributed by atoms with Gasteiger partial charge in [-0.3, -0.25) is 19.0 Å². The highest BCUT2D eigenvalue weighted by molar-refractivity contribution is 7.68. The Morgan fingerprint density at radius 3 is 2.23 bits per heavy atom. The molecular formula is C24H28N3O14P3. The number of hydrogen-bond acceptors (Lipinski definition) is 12. The predicted octanol–water partition coefficient (Wildman–Crippen LogP) is 3.28. The van der Waals surface area contributed by atoms with E-state index in [0.29, 0.717) is 0 Å². The minimum atomic E-state index is -5.60. The van der Waals surface area contributed by atoms with Gasteiger partial charge in [0.2, 0.25) is 0 Å². The number of aromatic nitrogens is 2. The first-order chi connectivity index (χ1) is 20.7. The molecule has 1 aliphatic rings. The van der Waals surface area contributed by atoms with E-state index in [1.807, 2.05) is 6.07 Å². The quantitative estimate of drug-likeness (QED) is 0.163. The zero-order valence-electron chi connectivity index (χ0n) is 22.6. The third kappa shape index (κ3) is 10.3. The number of carbonyl (C=O) groups excluding carboxylic acids is 1. The van der Waals surface area contributed by atoms with Crippen LogP contribution >= 0.6 is 23.2 Å². The number of hydrogen-bond donors (Lipinski definition) is 5. The fourth-order valence-electron chi connectivity index (χ4n) is 3.94. The van der Waals surface area contributed by atoms with E-state index in [4.69, 9.17) is 9.47 Å². The second-order valence-corrected chi connectivity index (χ2v) is 14.3. The van der Waals surface area contributed by atoms with Crippen molar-refractivity contribution in [2.24, 2.45) is 0 Å². The van der Waals surface area contributed by atoms with Crippen LogP contribution in [0.5, 0.6) is 0 Å². The van der Waals surface area contributed by atoms with Gasteiger partial charge in [-0.05, 0) is 17.2 Å². The van der Waals surface area contributed by atoms with Gasteiger partial charge in [-0.2, -0.15) is 9.29 Å². The summed E-state index contributed by atoms with van der Waals surface area (Å²) in [6.07, 6.45) is -4.26. The molecule has 0 bridgehead atoms. The molecule has 0 aliphatic carbocycles. The lowest BCUT2D eigenvalue weighted by Gasteiger charge is -2.20. The summed E-state index contributed by atoms with van der Waals surface area (Å²) < 4.78 is 61.3. The van der Waals surface area contributed by atoms with E-state index in [1.165, 1.54) is 24.4 Å². The normalized spacial score (nSPS) is 22.3. The van der Waals surface area contributed by atoms with Crippen molar-refractivity contribution in [2.75, 3.05) is 11.9 Å². The highest BCUT2D eigenvalue weighted by Crippen LogP contribution is 2.68. The average Bonchev–Trinajstić information content (AvgIpc) is 3.30. The molecule has 5 N–H and O–H groups in total. The number of rotatable bonds is 13. The number of ether oxygens (including phenoxy) is 2. The zero-order valence-corrected chi connectivity index (χ0v) is 25.3. The van der Waals surface area contributed by atoms with Crippen molar-refractivity contribution in [3.05, 3.63) is 94.5 Å². The number of nitrogens with one attached hydrogen (secondary N) is 1. The lowest BCUT2D eigenvalue weighted by molar-refractivity contribution is -0.0449. The van der Waals surface area contributed by atoms with Gasteiger partial charge >= 0.3 is 35.0 Å². The maximum atomic E-state index is 12.6. The van der Waals surface area contributed by atoms with E-state index >= 15 is 0 Å². The third-order valence-electron chi connectivity index (χ3n) is 5.85. The summed E-state index contributed by atoms with van der Waals surface area (Å²) in [5.41, 5.74) is 0.160. The van der Waals surface area contributed by atoms with E-state index in [0.717, 1.165) is 10.1 Å². The van der Waals surface area contributed by atoms with E-state index in [2.05, 4.69) is 23.4 Å². The molecule has 0 spiro atoms. The number of benzene rings is 2. The predicted molar refractivity (Wildman–Crippen MR) is 151 cm³/mol. The van der Waals surface area contributed by atoms with E-state index < -0.39 is 66.2 Å². The molecule has 2 heterocycles. The van der Waals surface area contributed by atoms with E-state index in [1.54, 1.807) is 42.5 Å². The molecule has 0 radical (unpaired) electrons. The van der Waals surface area contributed by atoms with Gasteiger partial charge in [-0.25, -0.2) is 23.0 Å². The number of amides is 1. The summed E-state index contributed by atoms with van der Waals surface area (Å²) in [7, 11) is -15.8. The molecule has 17 nitrogen and oxygen atoms in total. The van der Waals surface area contributed by atoms with Crippen LogP contribution in [-0.2, 0) is 49.1 Å². The first-order valence-electron chi connectivity index (χ1n) is 12.7. The Morgan fingerprint density at radius 1 is 0.955 bits per heavy atom. The second-order valence-electron chi connectivity index (χ2n) is 9.30. The fourth-order valence-corrected chi connectivity index (χ4v) is 8.09. The molecule has 4 rings (SSSR count). The van der Waals surface area contributed by atoms with Crippen molar-refractivity contribution in [3.63, 3.8) is 0 Å². The molecule has 1 aromatic heterocycles. The van der Waals surface area contributed by atoms with Crippen molar-refractivity contribution in [1.29, 1.82) is 0 Å². The van der Waals surface area contributed by atoms with Gasteiger partial charge in [0, 0.05) is 12.6 Å². The van der Waals surface area contributed by atoms with Crippen LogP contribution in [0.1, 0.15) is 23.8 Å². The first-order valence-corrected chi connectivity index (χ1v) is 17.4. The molecule has 6 atom stereocenters. The Balaban J connectivity index is 1.28. The summed E-state index contributed by atoms with van der Waals surface area (Å²) in [4.78, 5) is 57.9. The molecule has 20 heteroatoms. The maximum absolute atomic E-state index is 12.6. The van der Waals surface area contributed by atoms with Gasteiger partial charge in [0.1, 0.15) is 24.8 Å². The molecule has 2 aromatic carbocycles. The molecule has 3 aromatic rings. The fraction of sp³-hybridized carbons (Fsp3) is 0.292. The van der Waals surface area contributed by atoms with Crippen LogP contribution in [0.15, 0.2) is 77.7 Å². The maximum Gasteiger partial charge on any atom is 0.488 e. The van der Waals surface area contributed by atoms with Crippen molar-refractivity contribution >= 4 is 35.2 Å². The highest BCUT2D eigenvalue weighted by atomic mass is 31.3. The van der Waals surface area contributed by atoms with Crippen molar-refractivity contribution < 1.29 is 60.9 Å². The van der Waals surface area contributed by atoms with Crippen LogP contribution in [-0.4, -0.2) is 54.2 Å². The van der Waals surface area contributed by atoms with Crippen LogP contribution in [0, 0.1) is 0 Å². The second kappa shape index (κ2) is 14.4. The van der Waals surface area contributed by atoms with Crippen LogP contribution < -0.4 is 11.0 Å². The van der Waals surface area contributed by atoms with Crippen molar-refractivity contribution in [2.45, 2.75) is 37.6 Å². The summed E-state index contributed by atoms with van der Waals surface area (Å²) in [6.45, 7) is -0.868. The number of phosphoric acid groups is 2. The molecule has 1 aliphatic heterocycles. The number of aliphatic hydroxyl groups is 1. The highest BCUT2D eigenvalue weighted by Gasteiger charge is 2.43. The minimum absolute atomic E-state index is 0.00775. The number of anilines is 1. The monoisotopic (exact) mass is 675 g/mol. The SMILES string of the molecule is O=C(Nc1ccn([C@H]2C[C@@H](O)[C@@H](COP(=O)(O)OP(=O)(O)OP(=O)(O)Cc3ccccc3)O2)c(=O)n1)OCc1ccccc1. The smallest absolute Gasteiger partial charge is 0.444 e. The Hall–Kier alpha value is -3.04. The number of aliphatic hydroxyl groups excluding tert-OH is 1. The van der Waals surface area contributed by atoms with Gasteiger partial charge in [0.15, 0.2) is 0 Å². The summed E-state index contributed by atoms with van der Waals surface area (Å²) in [5.74, 6) is -0.118. The summed E-state index contributed by atoms with van der Waals surface area (Å²) in [6, 6.07) is 17.8. The number of phosphoric ester groups is 1. The zero-order chi connectivity index (χ0) is 32.0. The first kappa shape index (κ1) is 33.8. The Bertz CT molecular complexity index is 1640. The Kier molecular flexibility index (Phi) is 11.1. The average molecular weight is 675 g/mol. The molecule has 1 saturated heterocycles. The van der Waals surface area contributed by atoms with Gasteiger partial charge in [0.25, 0.3) is 0 Å². The molecule has 0 saturated carbocycles. The van der Waals surface area contributed by atoms with Gasteiger partial charge < -0.3 is 29.3 Å². The number of carbonyl (C=O) groups is 1. The van der Waals surface area contributed by atoms with Crippen molar-refractivity contribution in [1.82, 2.24) is 9.55 Å². The largest absolute Gasteiger partial charge is 0.488 e. The minimum Gasteiger partial charge on any atom is -0.444 e. The molecule has 1 amide bonds. The van der Waals surface area contributed by atoms with Crippen LogP contribution in [0.3, 0.4) is 0 Å². The van der Waals surface area contributed by atoms with E-state index in [-0.39, 0.29) is 24.4 Å². The van der Waals surface area contributed by atoms with Gasteiger partial charge in [-0.15, -0.1) is 0 Å². The van der Waals surface area contributed by atoms with Crippen LogP contribution in [0.25, 0.3) is 0 Å². The Labute approximate surface area is 249 Å². The number of nitrogens with zero attached hydrogens (tertiary/aromatic N) is 2. The molecule has 238 valence electrons. The molecular weight excluding hydrogens is 647 g/mol. The van der Waals surface area contributed by atoms with Gasteiger partial charge in [0.05, 0.1) is 18.9 Å². The molecule has 44 heavy (non-hydrogen) atoms. The van der Waals surface area contributed by atoms with Crippen LogP contribution in [0.4, 0.5) is 10.6 Å². The molecule has 1 fully saturated rings. The van der Waals surface area contributed by atoms with Gasteiger partial charge in [-0.1, -0.05) is 60.7 Å². The third-order valence-corrected chi connectivity index (χ3v) is 10.6. The lowest BCUT2D eigenvalue weighted by Crippen LogP contribution is -2.29. The summed E-state index contributed by atoms with van der Waals surface area (Å²) in [5, 5.41) is 12.6. The van der Waals surface area contributed by atoms with E-state index in [9.17, 15) is 43.1 Å². The van der Waals surface area contributed by atoms with Crippen LogP contribution in [0.2, 0.25) is 0 Å².